The Kier molecular flexibility index (Phi) is 6.79. The molecule has 1 aliphatic rings. The van der Waals surface area contributed by atoms with Crippen LogP contribution in [0.3, 0.4) is 0 Å². The maximum absolute atomic E-state index is 14.4. The van der Waals surface area contributed by atoms with E-state index < -0.39 is 11.4 Å². The minimum Gasteiger partial charge on any atom is -0.492 e. The van der Waals surface area contributed by atoms with Crippen LogP contribution in [0.5, 0.6) is 5.75 Å². The maximum atomic E-state index is 14.4. The molecular weight excluding hydrogens is 461 g/mol. The smallest absolute Gasteiger partial charge is 0.255 e. The summed E-state index contributed by atoms with van der Waals surface area (Å²) in [7, 11) is 1.38. The number of nitrogens with one attached hydrogen (secondary N) is 4. The average molecular weight is 488 g/mol. The van der Waals surface area contributed by atoms with E-state index in [1.54, 1.807) is 44.4 Å². The summed E-state index contributed by atoms with van der Waals surface area (Å²) in [6.45, 7) is 7.52. The van der Waals surface area contributed by atoms with Crippen molar-refractivity contribution in [3.8, 4) is 28.8 Å². The molecule has 36 heavy (non-hydrogen) atoms. The summed E-state index contributed by atoms with van der Waals surface area (Å²) in [4.78, 5) is 32.2. The molecule has 3 aromatic rings. The largest absolute Gasteiger partial charge is 0.492 e. The molecule has 184 valence electrons. The molecule has 0 unspecified atom stereocenters. The SMILES string of the molecule is C=CC(=O)NC(C)(C)C#Cc1cnccc1-c1[nH]c2c(c1Nc1cccc(F)c1OC)C(=O)NCC2. The van der Waals surface area contributed by atoms with Crippen LogP contribution < -0.4 is 20.7 Å². The highest BCUT2D eigenvalue weighted by Gasteiger charge is 2.28. The van der Waals surface area contributed by atoms with Crippen LogP contribution in [0.25, 0.3) is 11.3 Å². The number of hydrogen-bond acceptors (Lipinski definition) is 5. The molecule has 0 aliphatic carbocycles. The molecule has 3 heterocycles. The van der Waals surface area contributed by atoms with E-state index in [2.05, 4.69) is 44.3 Å². The van der Waals surface area contributed by atoms with Gasteiger partial charge in [0.2, 0.25) is 5.91 Å². The van der Waals surface area contributed by atoms with Gasteiger partial charge in [-0.15, -0.1) is 0 Å². The normalized spacial score (nSPS) is 12.5. The number of aromatic amines is 1. The molecule has 0 atom stereocenters. The Morgan fingerprint density at radius 3 is 2.89 bits per heavy atom. The van der Waals surface area contributed by atoms with Gasteiger partial charge in [0.15, 0.2) is 11.6 Å². The first kappa shape index (κ1) is 24.5. The second kappa shape index (κ2) is 9.96. The van der Waals surface area contributed by atoms with Crippen molar-refractivity contribution in [3.63, 3.8) is 0 Å². The zero-order valence-corrected chi connectivity index (χ0v) is 20.2. The zero-order valence-electron chi connectivity index (χ0n) is 20.2. The Morgan fingerprint density at radius 1 is 1.33 bits per heavy atom. The van der Waals surface area contributed by atoms with Gasteiger partial charge in [0.1, 0.15) is 0 Å². The first-order valence-corrected chi connectivity index (χ1v) is 11.3. The van der Waals surface area contributed by atoms with Crippen molar-refractivity contribution in [2.45, 2.75) is 25.8 Å². The van der Waals surface area contributed by atoms with Gasteiger partial charge in [-0.05, 0) is 38.1 Å². The molecule has 1 aliphatic heterocycles. The number of rotatable bonds is 6. The van der Waals surface area contributed by atoms with E-state index >= 15 is 0 Å². The Balaban J connectivity index is 1.85. The lowest BCUT2D eigenvalue weighted by atomic mass is 10.0. The van der Waals surface area contributed by atoms with E-state index in [4.69, 9.17) is 4.74 Å². The van der Waals surface area contributed by atoms with E-state index in [0.29, 0.717) is 46.7 Å². The number of aromatic nitrogens is 2. The topological polar surface area (TPSA) is 108 Å². The maximum Gasteiger partial charge on any atom is 0.255 e. The van der Waals surface area contributed by atoms with Gasteiger partial charge in [0.25, 0.3) is 5.91 Å². The van der Waals surface area contributed by atoms with Gasteiger partial charge >= 0.3 is 0 Å². The van der Waals surface area contributed by atoms with Crippen LogP contribution >= 0.6 is 0 Å². The Morgan fingerprint density at radius 2 is 2.14 bits per heavy atom. The van der Waals surface area contributed by atoms with Crippen molar-refractivity contribution in [3.05, 3.63) is 72.0 Å². The summed E-state index contributed by atoms with van der Waals surface area (Å²) in [5, 5.41) is 8.84. The number of H-pyrrole nitrogens is 1. The predicted molar refractivity (Wildman–Crippen MR) is 136 cm³/mol. The third kappa shape index (κ3) is 4.93. The van der Waals surface area contributed by atoms with Gasteiger partial charge in [0.05, 0.1) is 40.8 Å². The Bertz CT molecular complexity index is 1410. The number of anilines is 2. The highest BCUT2D eigenvalue weighted by atomic mass is 19.1. The number of halogens is 1. The van der Waals surface area contributed by atoms with Gasteiger partial charge in [-0.2, -0.15) is 0 Å². The van der Waals surface area contributed by atoms with Crippen molar-refractivity contribution < 1.29 is 18.7 Å². The van der Waals surface area contributed by atoms with E-state index in [0.717, 1.165) is 5.69 Å². The molecule has 1 aromatic carbocycles. The van der Waals surface area contributed by atoms with Gasteiger partial charge in [-0.25, -0.2) is 4.39 Å². The molecule has 4 N–H and O–H groups in total. The number of methoxy groups -OCH3 is 1. The van der Waals surface area contributed by atoms with Crippen LogP contribution in [0.1, 0.15) is 35.5 Å². The number of carbonyl (C=O) groups is 2. The number of hydrogen-bond donors (Lipinski definition) is 4. The molecule has 0 bridgehead atoms. The van der Waals surface area contributed by atoms with Crippen LogP contribution in [-0.2, 0) is 11.2 Å². The number of ether oxygens (including phenoxy) is 1. The summed E-state index contributed by atoms with van der Waals surface area (Å²) in [5.41, 5.74) is 3.06. The van der Waals surface area contributed by atoms with Crippen LogP contribution in [0, 0.1) is 17.7 Å². The monoisotopic (exact) mass is 487 g/mol. The van der Waals surface area contributed by atoms with Crippen molar-refractivity contribution in [1.29, 1.82) is 0 Å². The summed E-state index contributed by atoms with van der Waals surface area (Å²) >= 11 is 0. The van der Waals surface area contributed by atoms with Gasteiger partial charge in [0, 0.05) is 36.6 Å². The summed E-state index contributed by atoms with van der Waals surface area (Å²) < 4.78 is 19.7. The molecule has 4 rings (SSSR count). The van der Waals surface area contributed by atoms with Gasteiger partial charge in [-0.1, -0.05) is 24.5 Å². The third-order valence-corrected chi connectivity index (χ3v) is 5.62. The highest BCUT2D eigenvalue weighted by molar-refractivity contribution is 6.06. The molecule has 0 spiro atoms. The van der Waals surface area contributed by atoms with E-state index in [1.807, 2.05) is 0 Å². The molecule has 8 nitrogen and oxygen atoms in total. The molecule has 2 amide bonds. The van der Waals surface area contributed by atoms with Gasteiger partial charge in [-0.3, -0.25) is 14.6 Å². The fraction of sp³-hybridized carbons (Fsp3) is 0.222. The number of benzene rings is 1. The number of amides is 2. The standard InChI is InChI=1S/C27H26FN5O3/c1-5-21(34)33-27(2,3)12-9-16-15-29-13-10-17(16)23-24(22-19(31-23)11-14-30-26(22)35)32-20-8-6-7-18(28)25(20)36-4/h5-8,10,13,15,31-32H,1,11,14H2,2-4H3,(H,30,35)(H,33,34). The van der Waals surface area contributed by atoms with Crippen LogP contribution in [0.4, 0.5) is 15.8 Å². The van der Waals surface area contributed by atoms with Gasteiger partial charge < -0.3 is 25.7 Å². The predicted octanol–water partition coefficient (Wildman–Crippen LogP) is 3.69. The lowest BCUT2D eigenvalue weighted by Crippen LogP contribution is -2.41. The third-order valence-electron chi connectivity index (χ3n) is 5.62. The first-order chi connectivity index (χ1) is 17.2. The van der Waals surface area contributed by atoms with Crippen molar-refractivity contribution >= 4 is 23.2 Å². The fourth-order valence-electron chi connectivity index (χ4n) is 3.98. The van der Waals surface area contributed by atoms with Crippen LogP contribution in [0.15, 0.2) is 49.3 Å². The molecule has 0 saturated carbocycles. The molecule has 2 aromatic heterocycles. The van der Waals surface area contributed by atoms with Crippen molar-refractivity contribution in [1.82, 2.24) is 20.6 Å². The Hall–Kier alpha value is -4.58. The van der Waals surface area contributed by atoms with E-state index in [-0.39, 0.29) is 17.6 Å². The van der Waals surface area contributed by atoms with E-state index in [1.165, 1.54) is 19.3 Å². The minimum absolute atomic E-state index is 0.0315. The van der Waals surface area contributed by atoms with Crippen molar-refractivity contribution in [2.24, 2.45) is 0 Å². The number of carbonyl (C=O) groups excluding carboxylic acids is 2. The fourth-order valence-corrected chi connectivity index (χ4v) is 3.98. The summed E-state index contributed by atoms with van der Waals surface area (Å²) in [6, 6.07) is 6.31. The molecule has 0 saturated heterocycles. The van der Waals surface area contributed by atoms with E-state index in [9.17, 15) is 14.0 Å². The number of fused-ring (bicyclic) bond motifs is 1. The Labute approximate surface area is 208 Å². The number of para-hydroxylation sites is 1. The molecule has 0 fully saturated rings. The number of nitrogens with zero attached hydrogens (tertiary/aromatic N) is 1. The summed E-state index contributed by atoms with van der Waals surface area (Å²) in [5.74, 6) is 5.09. The van der Waals surface area contributed by atoms with Crippen LogP contribution in [0.2, 0.25) is 0 Å². The highest BCUT2D eigenvalue weighted by Crippen LogP contribution is 2.40. The quantitative estimate of drug-likeness (QED) is 0.313. The summed E-state index contributed by atoms with van der Waals surface area (Å²) in [6.07, 6.45) is 5.02. The minimum atomic E-state index is -0.830. The zero-order chi connectivity index (χ0) is 25.9. The van der Waals surface area contributed by atoms with Crippen LogP contribution in [-0.4, -0.2) is 41.0 Å². The second-order valence-electron chi connectivity index (χ2n) is 8.67. The molecule has 0 radical (unpaired) electrons. The average Bonchev–Trinajstić information content (AvgIpc) is 3.22. The first-order valence-electron chi connectivity index (χ1n) is 11.3. The number of pyridine rings is 1. The van der Waals surface area contributed by atoms with Crippen molar-refractivity contribution in [2.75, 3.05) is 19.0 Å². The lowest BCUT2D eigenvalue weighted by molar-refractivity contribution is -0.117. The molecule has 9 heteroatoms. The lowest BCUT2D eigenvalue weighted by Gasteiger charge is -2.18. The second-order valence-corrected chi connectivity index (χ2v) is 8.67. The molecular formula is C27H26FN5O3.